The maximum absolute atomic E-state index is 10.7. The van der Waals surface area contributed by atoms with Crippen LogP contribution in [0.4, 0.5) is 0 Å². The molecule has 5 heteroatoms. The van der Waals surface area contributed by atoms with Gasteiger partial charge in [-0.15, -0.1) is 0 Å². The highest BCUT2D eigenvalue weighted by Gasteiger charge is 2.14. The Morgan fingerprint density at radius 1 is 0.774 bits per heavy atom. The van der Waals surface area contributed by atoms with Crippen molar-refractivity contribution in [1.82, 2.24) is 4.90 Å². The average Bonchev–Trinajstić information content (AvgIpc) is 2.78. The minimum absolute atomic E-state index is 0.221. The number of methoxy groups -OCH3 is 2. The fourth-order valence-corrected chi connectivity index (χ4v) is 3.46. The minimum Gasteiger partial charge on any atom is -0.497 e. The highest BCUT2D eigenvalue weighted by Crippen LogP contribution is 2.18. The molecule has 0 fully saturated rings. The lowest BCUT2D eigenvalue weighted by atomic mass is 10.1. The molecule has 0 unspecified atom stereocenters. The van der Waals surface area contributed by atoms with E-state index in [4.69, 9.17) is 14.2 Å². The van der Waals surface area contributed by atoms with Gasteiger partial charge in [0.2, 0.25) is 0 Å². The Hall–Kier alpha value is -3.02. The van der Waals surface area contributed by atoms with Crippen LogP contribution in [0.5, 0.6) is 17.2 Å². The van der Waals surface area contributed by atoms with Crippen molar-refractivity contribution in [2.24, 2.45) is 0 Å². The summed E-state index contributed by atoms with van der Waals surface area (Å²) in [6.07, 6.45) is -0.620. The van der Waals surface area contributed by atoms with Crippen LogP contribution in [0.2, 0.25) is 0 Å². The van der Waals surface area contributed by atoms with E-state index >= 15 is 0 Å². The fourth-order valence-electron chi connectivity index (χ4n) is 3.46. The van der Waals surface area contributed by atoms with Gasteiger partial charge in [-0.1, -0.05) is 42.0 Å². The Kier molecular flexibility index (Phi) is 8.33. The van der Waals surface area contributed by atoms with E-state index in [9.17, 15) is 5.11 Å². The van der Waals surface area contributed by atoms with Crippen LogP contribution in [0.3, 0.4) is 0 Å². The van der Waals surface area contributed by atoms with Gasteiger partial charge in [0.05, 0.1) is 14.2 Å². The topological polar surface area (TPSA) is 51.2 Å². The third-order valence-electron chi connectivity index (χ3n) is 5.02. The van der Waals surface area contributed by atoms with Gasteiger partial charge in [-0.3, -0.25) is 4.90 Å². The van der Waals surface area contributed by atoms with E-state index in [1.54, 1.807) is 14.2 Å². The van der Waals surface area contributed by atoms with Crippen LogP contribution < -0.4 is 14.2 Å². The lowest BCUT2D eigenvalue weighted by molar-refractivity contribution is 0.0628. The number of hydrogen-bond donors (Lipinski definition) is 1. The van der Waals surface area contributed by atoms with Crippen molar-refractivity contribution in [1.29, 1.82) is 0 Å². The van der Waals surface area contributed by atoms with Crippen LogP contribution in [0.1, 0.15) is 16.7 Å². The zero-order valence-electron chi connectivity index (χ0n) is 18.5. The molecule has 0 spiro atoms. The van der Waals surface area contributed by atoms with E-state index in [0.717, 1.165) is 30.2 Å². The van der Waals surface area contributed by atoms with Crippen molar-refractivity contribution < 1.29 is 19.3 Å². The van der Waals surface area contributed by atoms with Gasteiger partial charge in [0, 0.05) is 19.6 Å². The zero-order valence-corrected chi connectivity index (χ0v) is 18.5. The van der Waals surface area contributed by atoms with Gasteiger partial charge in [-0.05, 0) is 54.4 Å². The Labute approximate surface area is 184 Å². The van der Waals surface area contributed by atoms with E-state index in [0.29, 0.717) is 12.3 Å². The third kappa shape index (κ3) is 7.31. The average molecular weight is 422 g/mol. The number of benzene rings is 3. The fraction of sp³-hybridized carbons (Fsp3) is 0.308. The molecule has 0 heterocycles. The van der Waals surface area contributed by atoms with Crippen molar-refractivity contribution in [3.8, 4) is 17.2 Å². The van der Waals surface area contributed by atoms with Crippen molar-refractivity contribution in [3.63, 3.8) is 0 Å². The van der Waals surface area contributed by atoms with E-state index in [2.05, 4.69) is 48.2 Å². The molecule has 3 aromatic rings. The molecule has 0 saturated carbocycles. The molecule has 0 aromatic heterocycles. The first-order chi connectivity index (χ1) is 15.1. The molecule has 0 aliphatic rings. The molecule has 0 amide bonds. The summed E-state index contributed by atoms with van der Waals surface area (Å²) in [4.78, 5) is 2.23. The van der Waals surface area contributed by atoms with Crippen molar-refractivity contribution in [2.75, 3.05) is 27.4 Å². The van der Waals surface area contributed by atoms with E-state index < -0.39 is 6.10 Å². The molecule has 5 nitrogen and oxygen atoms in total. The van der Waals surface area contributed by atoms with Crippen LogP contribution in [0.15, 0.2) is 72.8 Å². The summed E-state index contributed by atoms with van der Waals surface area (Å²) in [6, 6.07) is 23.9. The summed E-state index contributed by atoms with van der Waals surface area (Å²) in [6.45, 7) is 4.27. The van der Waals surface area contributed by atoms with Gasteiger partial charge in [0.25, 0.3) is 0 Å². The molecule has 0 saturated heterocycles. The molecule has 0 aliphatic carbocycles. The molecule has 0 aliphatic heterocycles. The number of rotatable bonds is 11. The van der Waals surface area contributed by atoms with E-state index in [1.165, 1.54) is 11.1 Å². The van der Waals surface area contributed by atoms with Crippen molar-refractivity contribution >= 4 is 0 Å². The number of aliphatic hydroxyl groups is 1. The second-order valence-electron chi connectivity index (χ2n) is 7.65. The quantitative estimate of drug-likeness (QED) is 0.496. The normalized spacial score (nSPS) is 11.9. The van der Waals surface area contributed by atoms with Crippen LogP contribution in [-0.2, 0) is 13.1 Å². The van der Waals surface area contributed by atoms with Crippen molar-refractivity contribution in [3.05, 3.63) is 89.5 Å². The second kappa shape index (κ2) is 11.4. The number of hydrogen-bond acceptors (Lipinski definition) is 5. The van der Waals surface area contributed by atoms with Gasteiger partial charge in [0.15, 0.2) is 0 Å². The molecule has 1 N–H and O–H groups in total. The van der Waals surface area contributed by atoms with Gasteiger partial charge in [-0.2, -0.15) is 0 Å². The number of nitrogens with zero attached hydrogens (tertiary/aromatic N) is 1. The standard InChI is InChI=1S/C26H31NO4/c1-20-5-4-6-22(15-20)17-27(16-21-7-9-24(29-2)10-8-21)18-23(28)19-31-26-13-11-25(30-3)12-14-26/h4-15,23,28H,16-19H2,1-3H3/t23-/m0/s1. The number of ether oxygens (including phenoxy) is 3. The summed E-state index contributed by atoms with van der Waals surface area (Å²) < 4.78 is 16.2. The predicted octanol–water partition coefficient (Wildman–Crippen LogP) is 4.45. The third-order valence-corrected chi connectivity index (χ3v) is 5.02. The largest absolute Gasteiger partial charge is 0.497 e. The van der Waals surface area contributed by atoms with Crippen LogP contribution in [0, 0.1) is 6.92 Å². The summed E-state index contributed by atoms with van der Waals surface area (Å²) in [5.74, 6) is 2.32. The number of aryl methyl sites for hydroxylation is 1. The van der Waals surface area contributed by atoms with E-state index in [1.807, 2.05) is 36.4 Å². The first-order valence-corrected chi connectivity index (χ1v) is 10.4. The second-order valence-corrected chi connectivity index (χ2v) is 7.65. The molecule has 0 bridgehead atoms. The summed E-state index contributed by atoms with van der Waals surface area (Å²) >= 11 is 0. The molecule has 164 valence electrons. The maximum atomic E-state index is 10.7. The van der Waals surface area contributed by atoms with E-state index in [-0.39, 0.29) is 6.61 Å². The minimum atomic E-state index is -0.620. The molecule has 1 atom stereocenters. The molecule has 3 rings (SSSR count). The van der Waals surface area contributed by atoms with Gasteiger partial charge < -0.3 is 19.3 Å². The Bertz CT molecular complexity index is 925. The van der Waals surface area contributed by atoms with Gasteiger partial charge in [-0.25, -0.2) is 0 Å². The SMILES string of the molecule is COc1ccc(CN(Cc2cccc(C)c2)C[C@H](O)COc2ccc(OC)cc2)cc1. The molecular weight excluding hydrogens is 390 g/mol. The van der Waals surface area contributed by atoms with Gasteiger partial charge in [0.1, 0.15) is 30.0 Å². The molecule has 3 aromatic carbocycles. The van der Waals surface area contributed by atoms with Crippen LogP contribution in [-0.4, -0.2) is 43.5 Å². The van der Waals surface area contributed by atoms with Crippen LogP contribution in [0.25, 0.3) is 0 Å². The predicted molar refractivity (Wildman–Crippen MR) is 123 cm³/mol. The first-order valence-electron chi connectivity index (χ1n) is 10.4. The summed E-state index contributed by atoms with van der Waals surface area (Å²) in [5.41, 5.74) is 3.61. The van der Waals surface area contributed by atoms with Crippen LogP contribution >= 0.6 is 0 Å². The lowest BCUT2D eigenvalue weighted by Crippen LogP contribution is -2.35. The molecular formula is C26H31NO4. The van der Waals surface area contributed by atoms with Crippen molar-refractivity contribution in [2.45, 2.75) is 26.1 Å². The zero-order chi connectivity index (χ0) is 22.1. The highest BCUT2D eigenvalue weighted by atomic mass is 16.5. The maximum Gasteiger partial charge on any atom is 0.119 e. The smallest absolute Gasteiger partial charge is 0.119 e. The molecule has 31 heavy (non-hydrogen) atoms. The molecule has 0 radical (unpaired) electrons. The highest BCUT2D eigenvalue weighted by molar-refractivity contribution is 5.31. The number of aliphatic hydroxyl groups excluding tert-OH is 1. The lowest BCUT2D eigenvalue weighted by Gasteiger charge is -2.25. The summed E-state index contributed by atoms with van der Waals surface area (Å²) in [7, 11) is 3.30. The Balaban J connectivity index is 1.63. The monoisotopic (exact) mass is 421 g/mol. The Morgan fingerprint density at radius 3 is 1.97 bits per heavy atom. The van der Waals surface area contributed by atoms with Gasteiger partial charge >= 0.3 is 0 Å². The first kappa shape index (κ1) is 22.7. The Morgan fingerprint density at radius 2 is 1.35 bits per heavy atom. The summed E-state index contributed by atoms with van der Waals surface area (Å²) in [5, 5.41) is 10.7.